The van der Waals surface area contributed by atoms with Crippen molar-refractivity contribution in [2.45, 2.75) is 32.7 Å². The predicted octanol–water partition coefficient (Wildman–Crippen LogP) is -2.30. The largest absolute Gasteiger partial charge is 0.377 e. The van der Waals surface area contributed by atoms with E-state index in [2.05, 4.69) is 28.2 Å². The van der Waals surface area contributed by atoms with Crippen molar-refractivity contribution >= 4 is 23.6 Å². The molecule has 0 aromatic heterocycles. The molecule has 0 radical (unpaired) electrons. The molecule has 0 bridgehead atoms. The van der Waals surface area contributed by atoms with Crippen molar-refractivity contribution < 1.29 is 47.6 Å². The van der Waals surface area contributed by atoms with Crippen LogP contribution in [0.15, 0.2) is 0 Å². The molecule has 6 N–H and O–H groups in total. The molecule has 0 saturated carbocycles. The molecule has 0 aliphatic carbocycles. The van der Waals surface area contributed by atoms with Crippen molar-refractivity contribution in [3.8, 4) is 0 Å². The van der Waals surface area contributed by atoms with Gasteiger partial charge in [0.2, 0.25) is 23.6 Å². The number of nitrogens with two attached hydrogens (primary N) is 1. The van der Waals surface area contributed by atoms with Crippen molar-refractivity contribution in [3.05, 3.63) is 0 Å². The Morgan fingerprint density at radius 1 is 0.550 bits per heavy atom. The molecule has 4 amide bonds. The molecule has 234 valence electrons. The smallest absolute Gasteiger partial charge is 0.246 e. The van der Waals surface area contributed by atoms with Crippen molar-refractivity contribution in [1.29, 1.82) is 0 Å². The SMILES string of the molecule is CCCCNC(=O)COCCOCCNC(=O)COCCOCCNC(=O)COCCOCCNC(=O)[C@@H](C)N. The quantitative estimate of drug-likeness (QED) is 0.0625. The monoisotopic (exact) mass is 579 g/mol. The summed E-state index contributed by atoms with van der Waals surface area (Å²) < 4.78 is 31.6. The Bertz CT molecular complexity index is 670. The molecule has 0 aromatic carbocycles. The fourth-order valence-corrected chi connectivity index (χ4v) is 2.64. The van der Waals surface area contributed by atoms with Crippen LogP contribution in [0.4, 0.5) is 0 Å². The molecule has 0 unspecified atom stereocenters. The van der Waals surface area contributed by atoms with Gasteiger partial charge in [0, 0.05) is 26.2 Å². The molecule has 40 heavy (non-hydrogen) atoms. The Balaban J connectivity index is 3.35. The minimum absolute atomic E-state index is 0.00642. The van der Waals surface area contributed by atoms with E-state index in [1.165, 1.54) is 0 Å². The molecule has 0 rings (SSSR count). The fourth-order valence-electron chi connectivity index (χ4n) is 2.64. The first-order chi connectivity index (χ1) is 19.4. The zero-order valence-electron chi connectivity index (χ0n) is 24.0. The maximum absolute atomic E-state index is 11.7. The van der Waals surface area contributed by atoms with Gasteiger partial charge in [0.15, 0.2) is 0 Å². The lowest BCUT2D eigenvalue weighted by Gasteiger charge is -2.09. The number of carbonyl (C=O) groups excluding carboxylic acids is 4. The number of hydrogen-bond donors (Lipinski definition) is 5. The van der Waals surface area contributed by atoms with Crippen LogP contribution < -0.4 is 27.0 Å². The molecule has 0 fully saturated rings. The third-order valence-electron chi connectivity index (χ3n) is 4.76. The minimum Gasteiger partial charge on any atom is -0.377 e. The number of hydrogen-bond acceptors (Lipinski definition) is 11. The zero-order valence-corrected chi connectivity index (χ0v) is 24.0. The van der Waals surface area contributed by atoms with Crippen LogP contribution in [0.3, 0.4) is 0 Å². The summed E-state index contributed by atoms with van der Waals surface area (Å²) in [5.74, 6) is -0.927. The predicted molar refractivity (Wildman–Crippen MR) is 146 cm³/mol. The highest BCUT2D eigenvalue weighted by Gasteiger charge is 2.06. The molecule has 15 heteroatoms. The lowest BCUT2D eigenvalue weighted by Crippen LogP contribution is -2.39. The van der Waals surface area contributed by atoms with E-state index in [0.717, 1.165) is 12.8 Å². The highest BCUT2D eigenvalue weighted by atomic mass is 16.5. The van der Waals surface area contributed by atoms with Gasteiger partial charge in [-0.25, -0.2) is 0 Å². The van der Waals surface area contributed by atoms with E-state index in [1.54, 1.807) is 6.92 Å². The maximum atomic E-state index is 11.7. The van der Waals surface area contributed by atoms with Crippen LogP contribution in [0.2, 0.25) is 0 Å². The van der Waals surface area contributed by atoms with E-state index in [-0.39, 0.29) is 63.3 Å². The van der Waals surface area contributed by atoms with Gasteiger partial charge in [0.1, 0.15) is 19.8 Å². The average Bonchev–Trinajstić information content (AvgIpc) is 2.92. The fraction of sp³-hybridized carbons (Fsp3) is 0.840. The van der Waals surface area contributed by atoms with Crippen LogP contribution in [0.5, 0.6) is 0 Å². The van der Waals surface area contributed by atoms with E-state index in [1.807, 2.05) is 0 Å². The molecule has 0 saturated heterocycles. The second kappa shape index (κ2) is 28.1. The molecular formula is C25H49N5O10. The van der Waals surface area contributed by atoms with Gasteiger partial charge in [0.05, 0.1) is 65.5 Å². The number of carbonyl (C=O) groups is 4. The first-order valence-corrected chi connectivity index (χ1v) is 13.7. The summed E-state index contributed by atoms with van der Waals surface area (Å²) in [4.78, 5) is 46.1. The van der Waals surface area contributed by atoms with Crippen molar-refractivity contribution in [1.82, 2.24) is 21.3 Å². The van der Waals surface area contributed by atoms with E-state index in [9.17, 15) is 19.2 Å². The summed E-state index contributed by atoms with van der Waals surface area (Å²) in [6.45, 7) is 7.75. The number of unbranched alkanes of at least 4 members (excludes halogenated alkanes) is 1. The van der Waals surface area contributed by atoms with Crippen LogP contribution in [0, 0.1) is 0 Å². The highest BCUT2D eigenvalue weighted by Crippen LogP contribution is 1.85. The van der Waals surface area contributed by atoms with E-state index in [0.29, 0.717) is 65.8 Å². The molecular weight excluding hydrogens is 530 g/mol. The summed E-state index contributed by atoms with van der Waals surface area (Å²) in [6.07, 6.45) is 1.96. The molecule has 0 spiro atoms. The lowest BCUT2D eigenvalue weighted by molar-refractivity contribution is -0.127. The van der Waals surface area contributed by atoms with Crippen LogP contribution >= 0.6 is 0 Å². The van der Waals surface area contributed by atoms with E-state index >= 15 is 0 Å². The van der Waals surface area contributed by atoms with Gasteiger partial charge >= 0.3 is 0 Å². The molecule has 0 aromatic rings. The lowest BCUT2D eigenvalue weighted by atomic mass is 10.3. The number of amides is 4. The first-order valence-electron chi connectivity index (χ1n) is 13.7. The third kappa shape index (κ3) is 27.2. The molecule has 1 atom stereocenters. The van der Waals surface area contributed by atoms with E-state index in [4.69, 9.17) is 34.2 Å². The Morgan fingerprint density at radius 2 is 0.900 bits per heavy atom. The van der Waals surface area contributed by atoms with Crippen LogP contribution in [0.25, 0.3) is 0 Å². The Labute approximate surface area is 236 Å². The summed E-state index contributed by atoms with van der Waals surface area (Å²) in [7, 11) is 0. The standard InChI is InChI=1S/C25H49N5O10/c1-3-4-5-27-22(31)18-38-15-12-35-9-6-28-23(32)19-39-16-13-36-10-7-29-24(33)20-40-17-14-37-11-8-30-25(34)21(2)26/h21H,3-20,26H2,1-2H3,(H,27,31)(H,28,32)(H,29,33)(H,30,34)/t21-/m1/s1. The second-order valence-electron chi connectivity index (χ2n) is 8.48. The van der Waals surface area contributed by atoms with Crippen LogP contribution in [-0.2, 0) is 47.6 Å². The van der Waals surface area contributed by atoms with Gasteiger partial charge in [-0.15, -0.1) is 0 Å². The van der Waals surface area contributed by atoms with Crippen LogP contribution in [0.1, 0.15) is 26.7 Å². The number of ether oxygens (including phenoxy) is 6. The minimum atomic E-state index is -0.558. The summed E-state index contributed by atoms with van der Waals surface area (Å²) in [5, 5.41) is 10.7. The highest BCUT2D eigenvalue weighted by molar-refractivity contribution is 5.81. The van der Waals surface area contributed by atoms with Gasteiger partial charge in [-0.3, -0.25) is 19.2 Å². The molecule has 0 aliphatic rings. The summed E-state index contributed by atoms with van der Waals surface area (Å²) in [5.41, 5.74) is 5.42. The van der Waals surface area contributed by atoms with Gasteiger partial charge in [-0.2, -0.15) is 0 Å². The second-order valence-corrected chi connectivity index (χ2v) is 8.48. The Morgan fingerprint density at radius 3 is 1.27 bits per heavy atom. The number of nitrogens with one attached hydrogen (secondary N) is 4. The topological polar surface area (TPSA) is 198 Å². The maximum Gasteiger partial charge on any atom is 0.246 e. The third-order valence-corrected chi connectivity index (χ3v) is 4.76. The van der Waals surface area contributed by atoms with E-state index < -0.39 is 6.04 Å². The number of rotatable bonds is 28. The Kier molecular flexibility index (Phi) is 26.5. The van der Waals surface area contributed by atoms with Crippen molar-refractivity contribution in [2.75, 3.05) is 105 Å². The summed E-state index contributed by atoms with van der Waals surface area (Å²) in [6, 6.07) is -0.558. The Hall–Kier alpha value is -2.40. The normalized spacial score (nSPS) is 11.6. The average molecular weight is 580 g/mol. The molecule has 0 aliphatic heterocycles. The van der Waals surface area contributed by atoms with Gasteiger partial charge in [0.25, 0.3) is 0 Å². The molecule has 15 nitrogen and oxygen atoms in total. The first kappa shape index (κ1) is 37.6. The van der Waals surface area contributed by atoms with Crippen molar-refractivity contribution in [2.24, 2.45) is 5.73 Å². The van der Waals surface area contributed by atoms with Gasteiger partial charge in [-0.1, -0.05) is 13.3 Å². The van der Waals surface area contributed by atoms with Crippen molar-refractivity contribution in [3.63, 3.8) is 0 Å². The summed E-state index contributed by atoms with van der Waals surface area (Å²) >= 11 is 0. The zero-order chi connectivity index (χ0) is 29.7. The molecule has 0 heterocycles. The van der Waals surface area contributed by atoms with Gasteiger partial charge in [-0.05, 0) is 13.3 Å². The van der Waals surface area contributed by atoms with Crippen LogP contribution in [-0.4, -0.2) is 135 Å². The van der Waals surface area contributed by atoms with Gasteiger partial charge < -0.3 is 55.4 Å².